The first kappa shape index (κ1) is 12.9. The Hall–Kier alpha value is -1.50. The van der Waals surface area contributed by atoms with Gasteiger partial charge < -0.3 is 4.90 Å². The highest BCUT2D eigenvalue weighted by Gasteiger charge is 2.39. The third kappa shape index (κ3) is 2.35. The van der Waals surface area contributed by atoms with Crippen LogP contribution in [-0.2, 0) is 15.0 Å². The zero-order chi connectivity index (χ0) is 13.5. The monoisotopic (exact) mass is 275 g/mol. The number of hydrogen-bond acceptors (Lipinski definition) is 3. The lowest BCUT2D eigenvalue weighted by Gasteiger charge is -2.16. The van der Waals surface area contributed by atoms with E-state index in [4.69, 9.17) is 0 Å². The maximum Gasteiger partial charge on any atom is 0.307 e. The predicted molar refractivity (Wildman–Crippen MR) is 61.9 cm³/mol. The fourth-order valence-corrected chi connectivity index (χ4v) is 2.58. The van der Waals surface area contributed by atoms with Gasteiger partial charge in [-0.15, -0.1) is 3.89 Å². The van der Waals surface area contributed by atoms with Gasteiger partial charge in [-0.05, 0) is 30.7 Å². The summed E-state index contributed by atoms with van der Waals surface area (Å²) in [7, 11) is -4.73. The molecule has 7 heteroatoms. The minimum absolute atomic E-state index is 0.233. The van der Waals surface area contributed by atoms with E-state index in [0.29, 0.717) is 11.3 Å². The van der Waals surface area contributed by atoms with Crippen LogP contribution in [0.1, 0.15) is 12.0 Å². The van der Waals surface area contributed by atoms with Crippen LogP contribution in [-0.4, -0.2) is 26.1 Å². The van der Waals surface area contributed by atoms with E-state index < -0.39 is 27.2 Å². The molecule has 0 N–H and O–H groups in total. The van der Waals surface area contributed by atoms with Crippen LogP contribution >= 0.6 is 0 Å². The third-order valence-corrected chi connectivity index (χ3v) is 4.05. The lowest BCUT2D eigenvalue weighted by atomic mass is 10.2. The molecule has 0 spiro atoms. The Labute approximate surface area is 103 Å². The second-order valence-electron chi connectivity index (χ2n) is 4.24. The average molecular weight is 275 g/mol. The Bertz CT molecular complexity index is 600. The molecule has 0 aromatic heterocycles. The number of aryl methyl sites for hydroxylation is 1. The first-order valence-corrected chi connectivity index (χ1v) is 6.73. The Kier molecular flexibility index (Phi) is 3.10. The van der Waals surface area contributed by atoms with Gasteiger partial charge in [0.2, 0.25) is 5.91 Å². The number of halogens is 2. The van der Waals surface area contributed by atoms with Crippen LogP contribution in [0.3, 0.4) is 0 Å². The molecule has 1 aromatic carbocycles. The van der Waals surface area contributed by atoms with E-state index in [1.165, 1.54) is 25.1 Å². The zero-order valence-electron chi connectivity index (χ0n) is 9.56. The molecule has 1 heterocycles. The molecular weight excluding hydrogens is 264 g/mol. The van der Waals surface area contributed by atoms with Crippen LogP contribution in [0.25, 0.3) is 0 Å². The number of anilines is 1. The second kappa shape index (κ2) is 4.31. The maximum atomic E-state index is 13.1. The summed E-state index contributed by atoms with van der Waals surface area (Å²) in [6.07, 6.45) is -0.380. The molecule has 1 fully saturated rings. The molecule has 1 aliphatic heterocycles. The smallest absolute Gasteiger partial charge is 0.307 e. The fraction of sp³-hybridized carbons (Fsp3) is 0.364. The summed E-state index contributed by atoms with van der Waals surface area (Å²) in [5.74, 6) is -0.896. The van der Waals surface area contributed by atoms with Crippen LogP contribution in [0.5, 0.6) is 0 Å². The highest BCUT2D eigenvalue weighted by atomic mass is 32.3. The Balaban J connectivity index is 2.30. The summed E-state index contributed by atoms with van der Waals surface area (Å²) in [6, 6.07) is 3.99. The van der Waals surface area contributed by atoms with E-state index in [1.807, 2.05) is 0 Å². The zero-order valence-corrected chi connectivity index (χ0v) is 10.4. The molecule has 1 amide bonds. The third-order valence-electron chi connectivity index (χ3n) is 2.94. The summed E-state index contributed by atoms with van der Waals surface area (Å²) < 4.78 is 47.5. The van der Waals surface area contributed by atoms with Gasteiger partial charge in [-0.2, -0.15) is 8.42 Å². The molecule has 0 saturated carbocycles. The van der Waals surface area contributed by atoms with Gasteiger partial charge >= 0.3 is 10.2 Å². The van der Waals surface area contributed by atoms with Crippen LogP contribution in [0.15, 0.2) is 18.2 Å². The predicted octanol–water partition coefficient (Wildman–Crippen LogP) is 1.54. The first-order valence-electron chi connectivity index (χ1n) is 5.29. The van der Waals surface area contributed by atoms with Crippen LogP contribution in [0.2, 0.25) is 0 Å². The van der Waals surface area contributed by atoms with Gasteiger partial charge in [-0.3, -0.25) is 4.79 Å². The van der Waals surface area contributed by atoms with Gasteiger partial charge in [0.05, 0.1) is 0 Å². The molecular formula is C11H11F2NO3S. The van der Waals surface area contributed by atoms with Gasteiger partial charge in [-0.1, -0.05) is 0 Å². The van der Waals surface area contributed by atoms with Crippen molar-refractivity contribution in [1.29, 1.82) is 0 Å². The topological polar surface area (TPSA) is 54.5 Å². The summed E-state index contributed by atoms with van der Waals surface area (Å²) in [4.78, 5) is 12.8. The van der Waals surface area contributed by atoms with Crippen LogP contribution in [0.4, 0.5) is 14.0 Å². The van der Waals surface area contributed by atoms with Crippen molar-refractivity contribution in [1.82, 2.24) is 0 Å². The fourth-order valence-electron chi connectivity index (χ4n) is 1.91. The standard InChI is InChI=1S/C11H11F2NO3S/c1-7-4-8(2-3-10(7)12)14-6-9(5-11(14)15)18(13,16)17/h2-4,9H,5-6H2,1H3. The molecule has 0 aliphatic carbocycles. The lowest BCUT2D eigenvalue weighted by Crippen LogP contribution is -2.26. The molecule has 1 aromatic rings. The van der Waals surface area contributed by atoms with E-state index >= 15 is 0 Å². The second-order valence-corrected chi connectivity index (χ2v) is 5.86. The largest absolute Gasteiger partial charge is 0.311 e. The summed E-state index contributed by atoms with van der Waals surface area (Å²) in [5, 5.41) is -1.34. The molecule has 2 rings (SSSR count). The number of rotatable bonds is 2. The molecule has 1 aliphatic rings. The number of carbonyl (C=O) groups is 1. The van der Waals surface area contributed by atoms with Crippen molar-refractivity contribution in [3.63, 3.8) is 0 Å². The number of carbonyl (C=O) groups excluding carboxylic acids is 1. The minimum Gasteiger partial charge on any atom is -0.311 e. The Morgan fingerprint density at radius 2 is 2.06 bits per heavy atom. The van der Waals surface area contributed by atoms with Crippen molar-refractivity contribution < 1.29 is 21.5 Å². The van der Waals surface area contributed by atoms with Crippen molar-refractivity contribution in [2.24, 2.45) is 0 Å². The summed E-state index contributed by atoms with van der Waals surface area (Å²) in [6.45, 7) is 1.30. The van der Waals surface area contributed by atoms with Gasteiger partial charge in [0.15, 0.2) is 0 Å². The van der Waals surface area contributed by atoms with Crippen molar-refractivity contribution in [2.45, 2.75) is 18.6 Å². The van der Waals surface area contributed by atoms with E-state index in [0.717, 1.165) is 4.90 Å². The van der Waals surface area contributed by atoms with Crippen LogP contribution < -0.4 is 4.90 Å². The quantitative estimate of drug-likeness (QED) is 0.769. The lowest BCUT2D eigenvalue weighted by molar-refractivity contribution is -0.117. The number of benzene rings is 1. The molecule has 98 valence electrons. The molecule has 1 unspecified atom stereocenters. The molecule has 0 bridgehead atoms. The number of amides is 1. The SMILES string of the molecule is Cc1cc(N2CC(S(=O)(=O)F)CC2=O)ccc1F. The molecule has 0 radical (unpaired) electrons. The molecule has 1 saturated heterocycles. The summed E-state index contributed by atoms with van der Waals surface area (Å²) >= 11 is 0. The first-order chi connectivity index (χ1) is 8.29. The van der Waals surface area contributed by atoms with Crippen molar-refractivity contribution >= 4 is 21.8 Å². The minimum atomic E-state index is -4.73. The average Bonchev–Trinajstić information content (AvgIpc) is 2.64. The van der Waals surface area contributed by atoms with E-state index in [1.54, 1.807) is 0 Å². The van der Waals surface area contributed by atoms with Gasteiger partial charge in [-0.25, -0.2) is 4.39 Å². The van der Waals surface area contributed by atoms with Crippen molar-refractivity contribution in [3.8, 4) is 0 Å². The van der Waals surface area contributed by atoms with Gasteiger partial charge in [0.25, 0.3) is 0 Å². The van der Waals surface area contributed by atoms with Gasteiger partial charge in [0.1, 0.15) is 11.1 Å². The molecule has 1 atom stereocenters. The van der Waals surface area contributed by atoms with Crippen molar-refractivity contribution in [2.75, 3.05) is 11.4 Å². The maximum absolute atomic E-state index is 13.1. The number of hydrogen-bond donors (Lipinski definition) is 0. The highest BCUT2D eigenvalue weighted by Crippen LogP contribution is 2.27. The van der Waals surface area contributed by atoms with Crippen molar-refractivity contribution in [3.05, 3.63) is 29.6 Å². The normalized spacial score (nSPS) is 20.5. The number of nitrogens with zero attached hydrogens (tertiary/aromatic N) is 1. The Morgan fingerprint density at radius 1 is 1.39 bits per heavy atom. The Morgan fingerprint density at radius 3 is 2.56 bits per heavy atom. The molecule has 18 heavy (non-hydrogen) atoms. The van der Waals surface area contributed by atoms with Crippen LogP contribution in [0, 0.1) is 12.7 Å². The molecule has 4 nitrogen and oxygen atoms in total. The highest BCUT2D eigenvalue weighted by molar-refractivity contribution is 7.87. The van der Waals surface area contributed by atoms with Gasteiger partial charge in [0, 0.05) is 18.7 Å². The van der Waals surface area contributed by atoms with E-state index in [2.05, 4.69) is 0 Å². The van der Waals surface area contributed by atoms with E-state index in [-0.39, 0.29) is 13.0 Å². The van der Waals surface area contributed by atoms with E-state index in [9.17, 15) is 21.5 Å². The summed E-state index contributed by atoms with van der Waals surface area (Å²) in [5.41, 5.74) is 0.719.